The smallest absolute Gasteiger partial charge is 0.407 e. The largest absolute Gasteiger partial charge is 0.450 e. The Kier molecular flexibility index (Phi) is 16.5. The summed E-state index contributed by atoms with van der Waals surface area (Å²) < 4.78 is 17.4. The zero-order chi connectivity index (χ0) is 43.5. The molecule has 0 aromatic carbocycles. The summed E-state index contributed by atoms with van der Waals surface area (Å²) in [5, 5.41) is 9.05. The summed E-state index contributed by atoms with van der Waals surface area (Å²) in [5.74, 6) is 0. The molecule has 3 aliphatic carbocycles. The van der Waals surface area contributed by atoms with E-state index in [4.69, 9.17) is 14.2 Å². The number of amides is 3. The molecule has 0 aromatic rings. The molecule has 3 fully saturated rings. The van der Waals surface area contributed by atoms with E-state index in [9.17, 15) is 28.8 Å². The number of rotatable bonds is 17. The van der Waals surface area contributed by atoms with Crippen molar-refractivity contribution in [1.82, 2.24) is 16.0 Å². The lowest BCUT2D eigenvalue weighted by molar-refractivity contribution is -0.000639. The Morgan fingerprint density at radius 3 is 1.16 bits per heavy atom. The highest BCUT2D eigenvalue weighted by Gasteiger charge is 2.45. The number of ether oxygens (including phenoxy) is 3. The number of hydrogen-bond acceptors (Lipinski definition) is 12. The number of aliphatic imine (C=N–C) groups is 3. The van der Waals surface area contributed by atoms with E-state index in [2.05, 4.69) is 93.2 Å². The van der Waals surface area contributed by atoms with Crippen LogP contribution in [0.15, 0.2) is 15.0 Å². The van der Waals surface area contributed by atoms with Crippen LogP contribution in [0.25, 0.3) is 0 Å². The Balaban J connectivity index is 1.71. The molecule has 0 radical (unpaired) electrons. The van der Waals surface area contributed by atoms with Gasteiger partial charge in [0.25, 0.3) is 0 Å². The fraction of sp³-hybridized carbons (Fsp3) is 0.860. The van der Waals surface area contributed by atoms with Gasteiger partial charge >= 0.3 is 18.3 Å². The molecule has 0 bridgehead atoms. The Labute approximate surface area is 345 Å². The first-order chi connectivity index (χ1) is 26.9. The summed E-state index contributed by atoms with van der Waals surface area (Å²) in [4.78, 5) is 84.2. The summed E-state index contributed by atoms with van der Waals surface area (Å²) in [6, 6.07) is -0.618. The van der Waals surface area contributed by atoms with Crippen LogP contribution in [-0.4, -0.2) is 94.1 Å². The average molecular weight is 815 g/mol. The molecule has 0 heterocycles. The minimum atomic E-state index is -0.898. The van der Waals surface area contributed by atoms with Crippen LogP contribution in [0.5, 0.6) is 0 Å². The summed E-state index contributed by atoms with van der Waals surface area (Å²) in [6.07, 6.45) is 10.3. The maximum absolute atomic E-state index is 13.4. The monoisotopic (exact) mass is 815 g/mol. The van der Waals surface area contributed by atoms with Crippen LogP contribution in [0.3, 0.4) is 0 Å². The summed E-state index contributed by atoms with van der Waals surface area (Å²) in [6.45, 7) is 21.5. The third kappa shape index (κ3) is 15.6. The normalized spacial score (nSPS) is 30.6. The third-order valence-electron chi connectivity index (χ3n) is 12.5. The first-order valence-electron chi connectivity index (χ1n) is 20.8. The second-order valence-corrected chi connectivity index (χ2v) is 21.3. The van der Waals surface area contributed by atoms with E-state index in [0.29, 0.717) is 58.2 Å². The number of carbonyl (C=O) groups excluding carboxylic acids is 6. The van der Waals surface area contributed by atoms with Gasteiger partial charge in [-0.2, -0.15) is 0 Å². The SMILES string of the molecule is CCC(CCOC(=O)NC1CC(C)(C)CC(C)(CN=C=O)C1)(COC(=O)NC1CC(C)(C)CC(C)(CN=C=O)C1)COC(=O)NC1CC(C)(C)CC(C)(CN=C=O)C1. The van der Waals surface area contributed by atoms with Crippen LogP contribution in [0.1, 0.15) is 140 Å². The number of nitrogens with one attached hydrogen (secondary N) is 3. The lowest BCUT2D eigenvalue weighted by Crippen LogP contribution is -2.49. The highest BCUT2D eigenvalue weighted by atomic mass is 16.6. The van der Waals surface area contributed by atoms with Crippen molar-refractivity contribution in [2.75, 3.05) is 39.5 Å². The van der Waals surface area contributed by atoms with E-state index in [1.54, 1.807) is 18.2 Å². The molecule has 6 unspecified atom stereocenters. The van der Waals surface area contributed by atoms with Crippen molar-refractivity contribution >= 4 is 36.5 Å². The van der Waals surface area contributed by atoms with E-state index in [1.165, 1.54) is 0 Å². The molecule has 58 heavy (non-hydrogen) atoms. The van der Waals surface area contributed by atoms with Crippen molar-refractivity contribution in [3.05, 3.63) is 0 Å². The molecule has 3 N–H and O–H groups in total. The van der Waals surface area contributed by atoms with Crippen molar-refractivity contribution in [3.8, 4) is 0 Å². The molecule has 15 nitrogen and oxygen atoms in total. The Bertz CT molecular complexity index is 1520. The maximum Gasteiger partial charge on any atom is 0.407 e. The van der Waals surface area contributed by atoms with Gasteiger partial charge in [-0.05, 0) is 103 Å². The fourth-order valence-electron chi connectivity index (χ4n) is 11.2. The topological polar surface area (TPSA) is 203 Å². The minimum Gasteiger partial charge on any atom is -0.450 e. The molecule has 3 saturated carbocycles. The van der Waals surface area contributed by atoms with Gasteiger partial charge in [-0.3, -0.25) is 0 Å². The quantitative estimate of drug-likeness (QED) is 0.0746. The van der Waals surface area contributed by atoms with Crippen LogP contribution >= 0.6 is 0 Å². The van der Waals surface area contributed by atoms with Crippen LogP contribution in [-0.2, 0) is 28.6 Å². The second-order valence-electron chi connectivity index (χ2n) is 21.3. The number of isocyanates is 3. The first-order valence-corrected chi connectivity index (χ1v) is 20.8. The predicted molar refractivity (Wildman–Crippen MR) is 218 cm³/mol. The zero-order valence-electron chi connectivity index (χ0n) is 36.8. The number of nitrogens with zero attached hydrogens (tertiary/aromatic N) is 3. The minimum absolute atomic E-state index is 0.0305. The molecular formula is C43H70N6O9. The molecule has 3 aliphatic rings. The van der Waals surface area contributed by atoms with Crippen molar-refractivity contribution in [1.29, 1.82) is 0 Å². The van der Waals surface area contributed by atoms with Crippen molar-refractivity contribution in [3.63, 3.8) is 0 Å². The van der Waals surface area contributed by atoms with E-state index in [-0.39, 0.29) is 76.9 Å². The van der Waals surface area contributed by atoms with Gasteiger partial charge in [0.2, 0.25) is 18.2 Å². The highest BCUT2D eigenvalue weighted by molar-refractivity contribution is 5.68. The van der Waals surface area contributed by atoms with Gasteiger partial charge in [0.05, 0.1) is 26.2 Å². The number of hydrogen-bond donors (Lipinski definition) is 3. The molecule has 0 aromatic heterocycles. The molecule has 15 heteroatoms. The van der Waals surface area contributed by atoms with Crippen molar-refractivity contribution in [2.45, 2.75) is 158 Å². The van der Waals surface area contributed by atoms with Gasteiger partial charge in [-0.1, -0.05) is 69.2 Å². The molecule has 3 amide bonds. The summed E-state index contributed by atoms with van der Waals surface area (Å²) in [7, 11) is 0. The molecular weight excluding hydrogens is 745 g/mol. The molecule has 6 atom stereocenters. The van der Waals surface area contributed by atoms with Crippen LogP contribution < -0.4 is 16.0 Å². The molecule has 326 valence electrons. The second kappa shape index (κ2) is 19.8. The van der Waals surface area contributed by atoms with Gasteiger partial charge in [0.15, 0.2) is 0 Å². The maximum atomic E-state index is 13.4. The van der Waals surface area contributed by atoms with Gasteiger partial charge in [0.1, 0.15) is 13.2 Å². The zero-order valence-corrected chi connectivity index (χ0v) is 36.8. The van der Waals surface area contributed by atoms with Crippen LogP contribution in [0.4, 0.5) is 14.4 Å². The molecule has 0 saturated heterocycles. The van der Waals surface area contributed by atoms with Gasteiger partial charge in [-0.25, -0.2) is 43.7 Å². The van der Waals surface area contributed by atoms with Crippen molar-refractivity contribution in [2.24, 2.45) is 52.9 Å². The van der Waals surface area contributed by atoms with Crippen LogP contribution in [0, 0.1) is 37.9 Å². The summed E-state index contributed by atoms with van der Waals surface area (Å²) in [5.41, 5.74) is -2.10. The predicted octanol–water partition coefficient (Wildman–Crippen LogP) is 7.71. The van der Waals surface area contributed by atoms with Gasteiger partial charge in [0, 0.05) is 23.5 Å². The Morgan fingerprint density at radius 1 is 0.552 bits per heavy atom. The van der Waals surface area contributed by atoms with Crippen LogP contribution in [0.2, 0.25) is 0 Å². The lowest BCUT2D eigenvalue weighted by atomic mass is 9.62. The Morgan fingerprint density at radius 2 is 0.862 bits per heavy atom. The molecule has 0 spiro atoms. The standard InChI is InChI=1S/C43H70N6O9/c1-11-43(26-57-35(54)48-32-15-38(4,5)21-41(9,18-32)24-45-29-51,27-58-36(55)49-33-16-39(6,7)22-42(10,19-33)25-46-30-52)12-13-56-34(53)47-31-14-37(2,3)20-40(8,17-31)23-44-28-50/h31-33H,11-27H2,1-10H3,(H,47,53)(H,48,54)(H,49,55). The van der Waals surface area contributed by atoms with Gasteiger partial charge < -0.3 is 30.2 Å². The molecule has 0 aliphatic heterocycles. The first kappa shape index (κ1) is 48.3. The number of carbonyl (C=O) groups is 3. The number of alkyl carbamates (subject to hydrolysis) is 3. The molecule has 3 rings (SSSR count). The van der Waals surface area contributed by atoms with Crippen molar-refractivity contribution < 1.29 is 43.0 Å². The van der Waals surface area contributed by atoms with Gasteiger partial charge in [-0.15, -0.1) is 0 Å². The van der Waals surface area contributed by atoms with E-state index >= 15 is 0 Å². The highest BCUT2D eigenvalue weighted by Crippen LogP contribution is 2.48. The lowest BCUT2D eigenvalue weighted by Gasteiger charge is -2.46. The Hall–Kier alpha value is -4.05. The fourth-order valence-corrected chi connectivity index (χ4v) is 11.2. The average Bonchev–Trinajstić information content (AvgIpc) is 3.07. The summed E-state index contributed by atoms with van der Waals surface area (Å²) >= 11 is 0. The van der Waals surface area contributed by atoms with E-state index in [1.807, 2.05) is 6.92 Å². The third-order valence-corrected chi connectivity index (χ3v) is 12.5. The van der Waals surface area contributed by atoms with E-state index < -0.39 is 23.7 Å². The van der Waals surface area contributed by atoms with E-state index in [0.717, 1.165) is 25.7 Å².